The number of phenols is 1. The van der Waals surface area contributed by atoms with Gasteiger partial charge < -0.3 is 9.84 Å². The third-order valence-corrected chi connectivity index (χ3v) is 3.28. The predicted molar refractivity (Wildman–Crippen MR) is 85.9 cm³/mol. The Kier molecular flexibility index (Phi) is 3.92. The van der Waals surface area contributed by atoms with Crippen LogP contribution in [0.15, 0.2) is 66.7 Å². The molecular formula is C18H15NO3. The van der Waals surface area contributed by atoms with Crippen LogP contribution < -0.4 is 5.32 Å². The van der Waals surface area contributed by atoms with Crippen molar-refractivity contribution >= 4 is 22.6 Å². The molecule has 0 saturated carbocycles. The number of hydrogen-bond acceptors (Lipinski definition) is 3. The van der Waals surface area contributed by atoms with Gasteiger partial charge in [0.1, 0.15) is 12.4 Å². The number of benzene rings is 3. The van der Waals surface area contributed by atoms with Crippen LogP contribution in [0, 0.1) is 0 Å². The SMILES string of the molecule is O=C(Nc1ccc2cc(O)ccc2c1)OCc1ccccc1. The van der Waals surface area contributed by atoms with E-state index in [-0.39, 0.29) is 12.4 Å². The van der Waals surface area contributed by atoms with E-state index in [0.717, 1.165) is 16.3 Å². The van der Waals surface area contributed by atoms with Gasteiger partial charge in [0.15, 0.2) is 0 Å². The summed E-state index contributed by atoms with van der Waals surface area (Å²) >= 11 is 0. The lowest BCUT2D eigenvalue weighted by atomic mass is 10.1. The summed E-state index contributed by atoms with van der Waals surface area (Å²) in [7, 11) is 0. The Balaban J connectivity index is 1.65. The van der Waals surface area contributed by atoms with Crippen molar-refractivity contribution in [2.75, 3.05) is 5.32 Å². The lowest BCUT2D eigenvalue weighted by Crippen LogP contribution is -2.13. The molecule has 2 N–H and O–H groups in total. The van der Waals surface area contributed by atoms with Crippen LogP contribution >= 0.6 is 0 Å². The minimum atomic E-state index is -0.498. The number of phenolic OH excluding ortho intramolecular Hbond substituents is 1. The molecule has 0 aliphatic carbocycles. The summed E-state index contributed by atoms with van der Waals surface area (Å²) in [6, 6.07) is 20.0. The number of nitrogens with one attached hydrogen (secondary N) is 1. The highest BCUT2D eigenvalue weighted by Crippen LogP contribution is 2.23. The van der Waals surface area contributed by atoms with Crippen LogP contribution in [0.2, 0.25) is 0 Å². The molecule has 0 fully saturated rings. The fourth-order valence-electron chi connectivity index (χ4n) is 2.19. The van der Waals surface area contributed by atoms with Crippen molar-refractivity contribution in [2.24, 2.45) is 0 Å². The second-order valence-corrected chi connectivity index (χ2v) is 4.93. The molecule has 0 heterocycles. The van der Waals surface area contributed by atoms with Gasteiger partial charge in [-0.15, -0.1) is 0 Å². The molecule has 0 spiro atoms. The van der Waals surface area contributed by atoms with E-state index in [9.17, 15) is 9.90 Å². The van der Waals surface area contributed by atoms with Crippen molar-refractivity contribution in [3.63, 3.8) is 0 Å². The summed E-state index contributed by atoms with van der Waals surface area (Å²) in [4.78, 5) is 11.8. The molecule has 0 aliphatic rings. The number of amides is 1. The topological polar surface area (TPSA) is 58.6 Å². The largest absolute Gasteiger partial charge is 0.508 e. The first kappa shape index (κ1) is 13.9. The lowest BCUT2D eigenvalue weighted by Gasteiger charge is -2.08. The number of rotatable bonds is 3. The summed E-state index contributed by atoms with van der Waals surface area (Å²) in [6.07, 6.45) is -0.498. The molecule has 3 aromatic rings. The van der Waals surface area contributed by atoms with E-state index in [0.29, 0.717) is 5.69 Å². The highest BCUT2D eigenvalue weighted by atomic mass is 16.5. The van der Waals surface area contributed by atoms with Gasteiger partial charge >= 0.3 is 6.09 Å². The molecule has 0 radical (unpaired) electrons. The number of aromatic hydroxyl groups is 1. The molecule has 0 aliphatic heterocycles. The van der Waals surface area contributed by atoms with E-state index in [1.807, 2.05) is 42.5 Å². The van der Waals surface area contributed by atoms with Gasteiger partial charge in [-0.2, -0.15) is 0 Å². The van der Waals surface area contributed by atoms with Crippen molar-refractivity contribution in [2.45, 2.75) is 6.61 Å². The van der Waals surface area contributed by atoms with E-state index in [2.05, 4.69) is 5.32 Å². The second-order valence-electron chi connectivity index (χ2n) is 4.93. The number of anilines is 1. The third-order valence-electron chi connectivity index (χ3n) is 3.28. The van der Waals surface area contributed by atoms with Crippen LogP contribution in [0.1, 0.15) is 5.56 Å². The molecule has 4 nitrogen and oxygen atoms in total. The monoisotopic (exact) mass is 293 g/mol. The zero-order valence-electron chi connectivity index (χ0n) is 11.8. The Labute approximate surface area is 128 Å². The highest BCUT2D eigenvalue weighted by Gasteiger charge is 2.05. The van der Waals surface area contributed by atoms with Crippen molar-refractivity contribution in [1.29, 1.82) is 0 Å². The van der Waals surface area contributed by atoms with Crippen molar-refractivity contribution in [3.05, 3.63) is 72.3 Å². The van der Waals surface area contributed by atoms with Crippen LogP contribution in [-0.2, 0) is 11.3 Å². The van der Waals surface area contributed by atoms with Gasteiger partial charge in [0, 0.05) is 5.69 Å². The highest BCUT2D eigenvalue weighted by molar-refractivity contribution is 5.91. The standard InChI is InChI=1S/C18H15NO3/c20-17-9-7-14-10-16(8-6-15(14)11-17)19-18(21)22-12-13-4-2-1-3-5-13/h1-11,20H,12H2,(H,19,21). The van der Waals surface area contributed by atoms with Gasteiger partial charge in [0.05, 0.1) is 0 Å². The first-order valence-electron chi connectivity index (χ1n) is 6.91. The Morgan fingerprint density at radius 3 is 2.50 bits per heavy atom. The Morgan fingerprint density at radius 1 is 0.955 bits per heavy atom. The maximum atomic E-state index is 11.8. The summed E-state index contributed by atoms with van der Waals surface area (Å²) in [6.45, 7) is 0.230. The van der Waals surface area contributed by atoms with Gasteiger partial charge in [-0.3, -0.25) is 5.32 Å². The molecule has 1 amide bonds. The minimum Gasteiger partial charge on any atom is -0.508 e. The van der Waals surface area contributed by atoms with Crippen LogP contribution in [0.4, 0.5) is 10.5 Å². The second kappa shape index (κ2) is 6.18. The third kappa shape index (κ3) is 3.35. The van der Waals surface area contributed by atoms with E-state index >= 15 is 0 Å². The summed E-state index contributed by atoms with van der Waals surface area (Å²) in [5.74, 6) is 0.218. The number of ether oxygens (including phenoxy) is 1. The number of carbonyl (C=O) groups is 1. The molecule has 0 aromatic heterocycles. The molecule has 0 bridgehead atoms. The van der Waals surface area contributed by atoms with Crippen molar-refractivity contribution < 1.29 is 14.6 Å². The Morgan fingerprint density at radius 2 is 1.68 bits per heavy atom. The number of hydrogen-bond donors (Lipinski definition) is 2. The lowest BCUT2D eigenvalue weighted by molar-refractivity contribution is 0.155. The molecule has 0 saturated heterocycles. The molecule has 3 rings (SSSR count). The normalized spacial score (nSPS) is 10.4. The summed E-state index contributed by atoms with van der Waals surface area (Å²) < 4.78 is 5.17. The van der Waals surface area contributed by atoms with Crippen molar-refractivity contribution in [1.82, 2.24) is 0 Å². The van der Waals surface area contributed by atoms with Gasteiger partial charge in [0.25, 0.3) is 0 Å². The average molecular weight is 293 g/mol. The molecule has 3 aromatic carbocycles. The van der Waals surface area contributed by atoms with Gasteiger partial charge in [-0.05, 0) is 40.6 Å². The smallest absolute Gasteiger partial charge is 0.411 e. The van der Waals surface area contributed by atoms with Gasteiger partial charge in [0.2, 0.25) is 0 Å². The van der Waals surface area contributed by atoms with Crippen LogP contribution in [0.5, 0.6) is 5.75 Å². The zero-order chi connectivity index (χ0) is 15.4. The van der Waals surface area contributed by atoms with E-state index in [1.54, 1.807) is 24.3 Å². The molecule has 110 valence electrons. The minimum absolute atomic E-state index is 0.218. The first-order chi connectivity index (χ1) is 10.7. The van der Waals surface area contributed by atoms with Crippen LogP contribution in [0.3, 0.4) is 0 Å². The van der Waals surface area contributed by atoms with Gasteiger partial charge in [-0.25, -0.2) is 4.79 Å². The maximum Gasteiger partial charge on any atom is 0.411 e. The summed E-state index contributed by atoms with van der Waals surface area (Å²) in [5.41, 5.74) is 1.59. The fourth-order valence-corrected chi connectivity index (χ4v) is 2.19. The molecule has 0 atom stereocenters. The van der Waals surface area contributed by atoms with E-state index in [1.165, 1.54) is 0 Å². The zero-order valence-corrected chi connectivity index (χ0v) is 11.8. The molecule has 22 heavy (non-hydrogen) atoms. The number of carbonyl (C=O) groups excluding carboxylic acids is 1. The van der Waals surface area contributed by atoms with Crippen LogP contribution in [-0.4, -0.2) is 11.2 Å². The first-order valence-corrected chi connectivity index (χ1v) is 6.91. The predicted octanol–water partition coefficient (Wildman–Crippen LogP) is 4.29. The maximum absolute atomic E-state index is 11.8. The van der Waals surface area contributed by atoms with E-state index < -0.39 is 6.09 Å². The quantitative estimate of drug-likeness (QED) is 0.757. The Bertz CT molecular complexity index is 800. The average Bonchev–Trinajstić information content (AvgIpc) is 2.54. The number of fused-ring (bicyclic) bond motifs is 1. The fraction of sp³-hybridized carbons (Fsp3) is 0.0556. The molecule has 4 heteroatoms. The molecular weight excluding hydrogens is 278 g/mol. The summed E-state index contributed by atoms with van der Waals surface area (Å²) in [5, 5.41) is 14.0. The molecule has 0 unspecified atom stereocenters. The van der Waals surface area contributed by atoms with Gasteiger partial charge in [-0.1, -0.05) is 42.5 Å². The van der Waals surface area contributed by atoms with Crippen LogP contribution in [0.25, 0.3) is 10.8 Å². The van der Waals surface area contributed by atoms with E-state index in [4.69, 9.17) is 4.74 Å². The Hall–Kier alpha value is -3.01. The van der Waals surface area contributed by atoms with Crippen molar-refractivity contribution in [3.8, 4) is 5.75 Å².